The van der Waals surface area contributed by atoms with Gasteiger partial charge in [-0.15, -0.1) is 0 Å². The van der Waals surface area contributed by atoms with E-state index in [1.807, 2.05) is 6.08 Å². The zero-order chi connectivity index (χ0) is 14.8. The second-order valence-electron chi connectivity index (χ2n) is 5.07. The van der Waals surface area contributed by atoms with Gasteiger partial charge in [-0.2, -0.15) is 0 Å². The summed E-state index contributed by atoms with van der Waals surface area (Å²) in [5.41, 5.74) is 2.79. The quantitative estimate of drug-likeness (QED) is 0.874. The van der Waals surface area contributed by atoms with Crippen LogP contribution in [0.3, 0.4) is 0 Å². The smallest absolute Gasteiger partial charge is 0.151 e. The van der Waals surface area contributed by atoms with Crippen molar-refractivity contribution >= 4 is 24.0 Å². The van der Waals surface area contributed by atoms with Gasteiger partial charge in [0, 0.05) is 17.7 Å². The number of fused-ring (bicyclic) bond motifs is 1. The lowest BCUT2D eigenvalue weighted by molar-refractivity contribution is 0.112. The van der Waals surface area contributed by atoms with Gasteiger partial charge in [-0.25, -0.2) is 9.37 Å². The molecule has 3 nitrogen and oxygen atoms in total. The Morgan fingerprint density at radius 3 is 3.00 bits per heavy atom. The third-order valence-corrected chi connectivity index (χ3v) is 3.95. The van der Waals surface area contributed by atoms with Gasteiger partial charge in [0.15, 0.2) is 6.29 Å². The molecule has 0 radical (unpaired) electrons. The zero-order valence-electron chi connectivity index (χ0n) is 11.3. The van der Waals surface area contributed by atoms with E-state index < -0.39 is 5.82 Å². The predicted molar refractivity (Wildman–Crippen MR) is 80.1 cm³/mol. The van der Waals surface area contributed by atoms with Crippen LogP contribution in [0.1, 0.15) is 39.6 Å². The van der Waals surface area contributed by atoms with E-state index in [2.05, 4.69) is 16.0 Å². The summed E-state index contributed by atoms with van der Waals surface area (Å²) < 4.78 is 13.9. The Balaban J connectivity index is 1.76. The molecular formula is C16H14ClFN2O. The van der Waals surface area contributed by atoms with Gasteiger partial charge >= 0.3 is 0 Å². The minimum Gasteiger partial charge on any atom is -0.345 e. The summed E-state index contributed by atoms with van der Waals surface area (Å²) in [7, 11) is 0. The Bertz CT molecular complexity index is 721. The number of nitrogens with zero attached hydrogens (tertiary/aromatic N) is 1. The monoisotopic (exact) mass is 304 g/mol. The first-order valence-electron chi connectivity index (χ1n) is 6.85. The normalized spacial score (nSPS) is 13.2. The number of nitrogens with one attached hydrogen (secondary N) is 1. The number of aromatic amines is 1. The predicted octanol–water partition coefficient (Wildman–Crippen LogP) is 3.76. The number of imidazole rings is 1. The van der Waals surface area contributed by atoms with E-state index in [0.29, 0.717) is 24.7 Å². The number of carbonyl (C=O) groups excluding carboxylic acids is 1. The van der Waals surface area contributed by atoms with Crippen molar-refractivity contribution in [2.24, 2.45) is 0 Å². The first kappa shape index (κ1) is 14.0. The number of allylic oxidation sites excluding steroid dienone is 1. The van der Waals surface area contributed by atoms with Crippen LogP contribution in [-0.4, -0.2) is 16.3 Å². The Hall–Kier alpha value is -1.94. The van der Waals surface area contributed by atoms with Crippen molar-refractivity contribution in [1.29, 1.82) is 0 Å². The second kappa shape index (κ2) is 5.82. The third kappa shape index (κ3) is 2.90. The van der Waals surface area contributed by atoms with Crippen LogP contribution in [0, 0.1) is 5.82 Å². The molecule has 1 aliphatic carbocycles. The van der Waals surface area contributed by atoms with Gasteiger partial charge in [0.25, 0.3) is 0 Å². The van der Waals surface area contributed by atoms with Crippen LogP contribution in [0.25, 0.3) is 6.08 Å². The maximum absolute atomic E-state index is 13.9. The van der Waals surface area contributed by atoms with E-state index >= 15 is 0 Å². The molecule has 1 aliphatic rings. The Kier molecular flexibility index (Phi) is 3.88. The molecule has 0 fully saturated rings. The number of carbonyl (C=O) groups is 1. The number of H-pyrrole nitrogens is 1. The van der Waals surface area contributed by atoms with E-state index in [9.17, 15) is 9.18 Å². The number of aldehydes is 1. The molecule has 3 rings (SSSR count). The average molecular weight is 305 g/mol. The molecule has 0 atom stereocenters. The first-order chi connectivity index (χ1) is 10.2. The van der Waals surface area contributed by atoms with E-state index in [1.54, 1.807) is 0 Å². The fraction of sp³-hybridized carbons (Fsp3) is 0.250. The summed E-state index contributed by atoms with van der Waals surface area (Å²) in [4.78, 5) is 18.5. The van der Waals surface area contributed by atoms with Gasteiger partial charge in [-0.1, -0.05) is 17.7 Å². The molecule has 5 heteroatoms. The number of aryl methyl sites for hydroxylation is 3. The largest absolute Gasteiger partial charge is 0.345 e. The molecule has 0 saturated heterocycles. The Labute approximate surface area is 126 Å². The molecule has 1 heterocycles. The van der Waals surface area contributed by atoms with E-state index in [1.165, 1.54) is 12.1 Å². The minimum atomic E-state index is -0.405. The van der Waals surface area contributed by atoms with E-state index in [4.69, 9.17) is 11.6 Å². The van der Waals surface area contributed by atoms with Crippen LogP contribution in [0.2, 0.25) is 5.02 Å². The van der Waals surface area contributed by atoms with Gasteiger partial charge in [0.05, 0.1) is 10.7 Å². The third-order valence-electron chi connectivity index (χ3n) is 3.62. The van der Waals surface area contributed by atoms with Gasteiger partial charge in [-0.05, 0) is 43.0 Å². The standard InChI is InChI=1S/C16H14ClFN2O/c17-12-7-10(13(18)8-11(12)9-21)5-6-16-19-14-3-1-2-4-15(14)20-16/h1,3,7-9H,2,4-6H2,(H,19,20). The second-order valence-corrected chi connectivity index (χ2v) is 5.48. The summed E-state index contributed by atoms with van der Waals surface area (Å²) in [6.45, 7) is 0. The van der Waals surface area contributed by atoms with Crippen molar-refractivity contribution in [3.63, 3.8) is 0 Å². The number of aromatic nitrogens is 2. The lowest BCUT2D eigenvalue weighted by Crippen LogP contribution is -1.98. The van der Waals surface area contributed by atoms with Crippen LogP contribution < -0.4 is 0 Å². The van der Waals surface area contributed by atoms with Gasteiger partial charge in [0.1, 0.15) is 11.6 Å². The number of hydrogen-bond acceptors (Lipinski definition) is 2. The minimum absolute atomic E-state index is 0.177. The van der Waals surface area contributed by atoms with Crippen molar-refractivity contribution in [2.45, 2.75) is 25.7 Å². The average Bonchev–Trinajstić information content (AvgIpc) is 2.90. The first-order valence-corrected chi connectivity index (χ1v) is 7.22. The molecular weight excluding hydrogens is 291 g/mol. The van der Waals surface area contributed by atoms with Crippen molar-refractivity contribution in [3.05, 3.63) is 57.4 Å². The summed E-state index contributed by atoms with van der Waals surface area (Å²) in [5, 5.41) is 0.281. The fourth-order valence-corrected chi connectivity index (χ4v) is 2.72. The van der Waals surface area contributed by atoms with Crippen LogP contribution >= 0.6 is 11.6 Å². The molecule has 108 valence electrons. The number of benzene rings is 1. The van der Waals surface area contributed by atoms with Gasteiger partial charge in [-0.3, -0.25) is 4.79 Å². The zero-order valence-corrected chi connectivity index (χ0v) is 12.1. The highest BCUT2D eigenvalue weighted by atomic mass is 35.5. The van der Waals surface area contributed by atoms with Crippen LogP contribution in [0.5, 0.6) is 0 Å². The molecule has 0 amide bonds. The lowest BCUT2D eigenvalue weighted by Gasteiger charge is -2.04. The summed E-state index contributed by atoms with van der Waals surface area (Å²) in [6, 6.07) is 2.70. The Morgan fingerprint density at radius 2 is 2.24 bits per heavy atom. The molecule has 1 N–H and O–H groups in total. The van der Waals surface area contributed by atoms with Crippen molar-refractivity contribution in [1.82, 2.24) is 9.97 Å². The van der Waals surface area contributed by atoms with Gasteiger partial charge in [0.2, 0.25) is 0 Å². The summed E-state index contributed by atoms with van der Waals surface area (Å²) >= 11 is 5.94. The molecule has 0 unspecified atom stereocenters. The highest BCUT2D eigenvalue weighted by molar-refractivity contribution is 6.33. The highest BCUT2D eigenvalue weighted by Gasteiger charge is 2.12. The molecule has 1 aromatic heterocycles. The van der Waals surface area contributed by atoms with Crippen LogP contribution in [0.4, 0.5) is 4.39 Å². The maximum atomic E-state index is 13.9. The molecule has 2 aromatic rings. The number of halogens is 2. The highest BCUT2D eigenvalue weighted by Crippen LogP contribution is 2.22. The van der Waals surface area contributed by atoms with Crippen molar-refractivity contribution in [3.8, 4) is 0 Å². The summed E-state index contributed by atoms with van der Waals surface area (Å²) in [6.07, 6.45) is 7.75. The van der Waals surface area contributed by atoms with Crippen LogP contribution in [-0.2, 0) is 19.3 Å². The van der Waals surface area contributed by atoms with Gasteiger partial charge < -0.3 is 4.98 Å². The van der Waals surface area contributed by atoms with E-state index in [-0.39, 0.29) is 10.6 Å². The Morgan fingerprint density at radius 1 is 1.38 bits per heavy atom. The maximum Gasteiger partial charge on any atom is 0.151 e. The fourth-order valence-electron chi connectivity index (χ4n) is 2.49. The summed E-state index contributed by atoms with van der Waals surface area (Å²) in [5.74, 6) is 0.444. The van der Waals surface area contributed by atoms with Crippen molar-refractivity contribution < 1.29 is 9.18 Å². The van der Waals surface area contributed by atoms with Crippen molar-refractivity contribution in [2.75, 3.05) is 0 Å². The topological polar surface area (TPSA) is 45.8 Å². The lowest BCUT2D eigenvalue weighted by atomic mass is 10.1. The number of hydrogen-bond donors (Lipinski definition) is 1. The van der Waals surface area contributed by atoms with E-state index in [0.717, 1.165) is 30.1 Å². The SMILES string of the molecule is O=Cc1cc(F)c(CCc2nc3c([nH]2)CCC=C3)cc1Cl. The molecule has 0 spiro atoms. The van der Waals surface area contributed by atoms with Crippen LogP contribution in [0.15, 0.2) is 18.2 Å². The molecule has 1 aromatic carbocycles. The molecule has 21 heavy (non-hydrogen) atoms. The number of rotatable bonds is 4. The molecule has 0 bridgehead atoms. The molecule has 0 saturated carbocycles. The molecule has 0 aliphatic heterocycles.